The van der Waals surface area contributed by atoms with E-state index in [0.29, 0.717) is 25.1 Å². The van der Waals surface area contributed by atoms with Crippen LogP contribution < -0.4 is 0 Å². The van der Waals surface area contributed by atoms with Crippen LogP contribution >= 0.6 is 0 Å². The number of morpholine rings is 1. The first-order valence-electron chi connectivity index (χ1n) is 7.13. The predicted molar refractivity (Wildman–Crippen MR) is 79.8 cm³/mol. The van der Waals surface area contributed by atoms with Crippen LogP contribution in [0.2, 0.25) is 0 Å². The summed E-state index contributed by atoms with van der Waals surface area (Å²) in [5.74, 6) is -0.0595. The van der Waals surface area contributed by atoms with Crippen molar-refractivity contribution in [3.63, 3.8) is 0 Å². The van der Waals surface area contributed by atoms with Gasteiger partial charge in [0.1, 0.15) is 0 Å². The number of nitrogens with zero attached hydrogens (tertiary/aromatic N) is 1. The number of rotatable bonds is 4. The minimum atomic E-state index is -3.59. The van der Waals surface area contributed by atoms with Crippen LogP contribution in [0, 0.1) is 0 Å². The van der Waals surface area contributed by atoms with E-state index in [9.17, 15) is 13.2 Å². The molecule has 0 aliphatic carbocycles. The molecular formula is C15H21NO4S. The van der Waals surface area contributed by atoms with Crippen LogP contribution in [-0.2, 0) is 14.8 Å². The van der Waals surface area contributed by atoms with Gasteiger partial charge in [-0.25, -0.2) is 8.42 Å². The monoisotopic (exact) mass is 311 g/mol. The molecule has 0 unspecified atom stereocenters. The highest BCUT2D eigenvalue weighted by Crippen LogP contribution is 2.22. The molecule has 0 aromatic heterocycles. The molecule has 2 rings (SSSR count). The fourth-order valence-electron chi connectivity index (χ4n) is 2.51. The fraction of sp³-hybridized carbons (Fsp3) is 0.533. The lowest BCUT2D eigenvalue weighted by molar-refractivity contribution is -0.0440. The third kappa shape index (κ3) is 3.51. The van der Waals surface area contributed by atoms with E-state index >= 15 is 0 Å². The first-order chi connectivity index (χ1) is 9.84. The molecule has 1 aliphatic heterocycles. The normalized spacial score (nSPS) is 24.0. The lowest BCUT2D eigenvalue weighted by Gasteiger charge is -2.34. The Bertz CT molecular complexity index is 616. The third-order valence-electron chi connectivity index (χ3n) is 3.50. The van der Waals surface area contributed by atoms with Crippen molar-refractivity contribution in [1.29, 1.82) is 0 Å². The van der Waals surface area contributed by atoms with Gasteiger partial charge in [-0.1, -0.05) is 19.1 Å². The number of carbonyl (C=O) groups is 1. The average Bonchev–Trinajstić information content (AvgIpc) is 2.45. The van der Waals surface area contributed by atoms with Crippen molar-refractivity contribution in [2.75, 3.05) is 13.1 Å². The molecule has 1 heterocycles. The standard InChI is InChI=1S/C15H21NO4S/c1-4-15(17)13-6-5-7-14(8-13)21(18,19)16-9-11(2)20-12(3)10-16/h5-8,11-12H,4,9-10H2,1-3H3/t11-,12+. The summed E-state index contributed by atoms with van der Waals surface area (Å²) in [6.07, 6.45) is 0.0859. The first kappa shape index (κ1) is 16.1. The first-order valence-corrected chi connectivity index (χ1v) is 8.57. The molecule has 0 spiro atoms. The van der Waals surface area contributed by atoms with E-state index < -0.39 is 10.0 Å². The number of Topliss-reactive ketones (excluding diaryl/α,β-unsaturated/α-hetero) is 1. The van der Waals surface area contributed by atoms with E-state index in [2.05, 4.69) is 0 Å². The highest BCUT2D eigenvalue weighted by Gasteiger charge is 2.32. The molecule has 1 aromatic rings. The van der Waals surface area contributed by atoms with Gasteiger partial charge in [0.2, 0.25) is 10.0 Å². The minimum Gasteiger partial charge on any atom is -0.373 e. The van der Waals surface area contributed by atoms with Gasteiger partial charge in [0.15, 0.2) is 5.78 Å². The maximum atomic E-state index is 12.7. The topological polar surface area (TPSA) is 63.7 Å². The van der Waals surface area contributed by atoms with Crippen LogP contribution in [0.4, 0.5) is 0 Å². The van der Waals surface area contributed by atoms with E-state index in [1.54, 1.807) is 19.1 Å². The molecule has 0 saturated carbocycles. The van der Waals surface area contributed by atoms with Crippen molar-refractivity contribution in [2.45, 2.75) is 44.3 Å². The van der Waals surface area contributed by atoms with Crippen LogP contribution in [0.3, 0.4) is 0 Å². The summed E-state index contributed by atoms with van der Waals surface area (Å²) in [6, 6.07) is 6.26. The summed E-state index contributed by atoms with van der Waals surface area (Å²) in [5, 5.41) is 0. The number of hydrogen-bond acceptors (Lipinski definition) is 4. The smallest absolute Gasteiger partial charge is 0.243 e. The second-order valence-corrected chi connectivity index (χ2v) is 7.32. The van der Waals surface area contributed by atoms with Crippen molar-refractivity contribution in [2.24, 2.45) is 0 Å². The zero-order valence-corrected chi connectivity index (χ0v) is 13.4. The van der Waals surface area contributed by atoms with Crippen molar-refractivity contribution in [3.8, 4) is 0 Å². The summed E-state index contributed by atoms with van der Waals surface area (Å²) >= 11 is 0. The Labute approximate surface area is 126 Å². The number of sulfonamides is 1. The molecule has 5 nitrogen and oxygen atoms in total. The molecule has 1 saturated heterocycles. The van der Waals surface area contributed by atoms with Crippen LogP contribution in [0.25, 0.3) is 0 Å². The van der Waals surface area contributed by atoms with E-state index in [0.717, 1.165) is 0 Å². The quantitative estimate of drug-likeness (QED) is 0.799. The zero-order chi connectivity index (χ0) is 15.6. The number of ketones is 1. The second kappa shape index (κ2) is 6.25. The van der Waals surface area contributed by atoms with Gasteiger partial charge in [-0.05, 0) is 26.0 Å². The van der Waals surface area contributed by atoms with E-state index in [-0.39, 0.29) is 22.9 Å². The molecule has 21 heavy (non-hydrogen) atoms. The van der Waals surface area contributed by atoms with Gasteiger partial charge in [0.05, 0.1) is 17.1 Å². The Hall–Kier alpha value is -1.24. The maximum absolute atomic E-state index is 12.7. The van der Waals surface area contributed by atoms with Crippen LogP contribution in [0.5, 0.6) is 0 Å². The lowest BCUT2D eigenvalue weighted by Crippen LogP contribution is -2.48. The number of hydrogen-bond donors (Lipinski definition) is 0. The summed E-state index contributed by atoms with van der Waals surface area (Å²) in [6.45, 7) is 6.14. The summed E-state index contributed by atoms with van der Waals surface area (Å²) < 4.78 is 32.4. The lowest BCUT2D eigenvalue weighted by atomic mass is 10.1. The molecule has 0 radical (unpaired) electrons. The van der Waals surface area contributed by atoms with Crippen molar-refractivity contribution in [1.82, 2.24) is 4.31 Å². The molecule has 1 aromatic carbocycles. The Morgan fingerprint density at radius 3 is 2.48 bits per heavy atom. The summed E-state index contributed by atoms with van der Waals surface area (Å²) in [5.41, 5.74) is 0.438. The molecule has 0 amide bonds. The van der Waals surface area contributed by atoms with Gasteiger partial charge in [-0.3, -0.25) is 4.79 Å². The fourth-order valence-corrected chi connectivity index (χ4v) is 4.15. The Kier molecular flexibility index (Phi) is 4.81. The molecule has 2 atom stereocenters. The minimum absolute atomic E-state index is 0.0595. The highest BCUT2D eigenvalue weighted by molar-refractivity contribution is 7.89. The van der Waals surface area contributed by atoms with Gasteiger partial charge in [0, 0.05) is 25.1 Å². The Balaban J connectivity index is 2.33. The molecular weight excluding hydrogens is 290 g/mol. The van der Waals surface area contributed by atoms with Gasteiger partial charge in [-0.2, -0.15) is 4.31 Å². The number of benzene rings is 1. The second-order valence-electron chi connectivity index (χ2n) is 5.38. The summed E-state index contributed by atoms with van der Waals surface area (Å²) in [4.78, 5) is 11.9. The SMILES string of the molecule is CCC(=O)c1cccc(S(=O)(=O)N2C[C@@H](C)O[C@@H](C)C2)c1. The van der Waals surface area contributed by atoms with Gasteiger partial charge in [0.25, 0.3) is 0 Å². The zero-order valence-electron chi connectivity index (χ0n) is 12.6. The largest absolute Gasteiger partial charge is 0.373 e. The maximum Gasteiger partial charge on any atom is 0.243 e. The molecule has 0 N–H and O–H groups in total. The third-order valence-corrected chi connectivity index (χ3v) is 5.33. The van der Waals surface area contributed by atoms with Gasteiger partial charge >= 0.3 is 0 Å². The van der Waals surface area contributed by atoms with Crippen LogP contribution in [-0.4, -0.2) is 43.8 Å². The predicted octanol–water partition coefficient (Wildman–Crippen LogP) is 2.08. The number of carbonyl (C=O) groups excluding carboxylic acids is 1. The van der Waals surface area contributed by atoms with Crippen LogP contribution in [0.1, 0.15) is 37.6 Å². The average molecular weight is 311 g/mol. The Morgan fingerprint density at radius 2 is 1.90 bits per heavy atom. The van der Waals surface area contributed by atoms with Crippen molar-refractivity contribution < 1.29 is 17.9 Å². The van der Waals surface area contributed by atoms with Gasteiger partial charge < -0.3 is 4.74 Å². The molecule has 1 fully saturated rings. The van der Waals surface area contributed by atoms with E-state index in [1.807, 2.05) is 13.8 Å². The summed E-state index contributed by atoms with van der Waals surface area (Å²) in [7, 11) is -3.59. The van der Waals surface area contributed by atoms with E-state index in [1.165, 1.54) is 16.4 Å². The van der Waals surface area contributed by atoms with Crippen LogP contribution in [0.15, 0.2) is 29.2 Å². The molecule has 1 aliphatic rings. The Morgan fingerprint density at radius 1 is 1.29 bits per heavy atom. The highest BCUT2D eigenvalue weighted by atomic mass is 32.2. The number of ether oxygens (including phenoxy) is 1. The van der Waals surface area contributed by atoms with E-state index in [4.69, 9.17) is 4.74 Å². The van der Waals surface area contributed by atoms with Gasteiger partial charge in [-0.15, -0.1) is 0 Å². The molecule has 6 heteroatoms. The molecule has 116 valence electrons. The van der Waals surface area contributed by atoms with Crippen molar-refractivity contribution >= 4 is 15.8 Å². The van der Waals surface area contributed by atoms with Crippen molar-refractivity contribution in [3.05, 3.63) is 29.8 Å². The molecule has 0 bridgehead atoms.